The fourth-order valence-electron chi connectivity index (χ4n) is 3.49. The third kappa shape index (κ3) is 3.71. The zero-order valence-electron chi connectivity index (χ0n) is 17.8. The van der Waals surface area contributed by atoms with Crippen molar-refractivity contribution in [2.24, 2.45) is 7.05 Å². The SMILES string of the molecule is COc1nc(-c2ccn3nc(N)nc3c2)ccc1NC(=O)c1c(-c2ccccc2)nnn1C. The molecular weight excluding hydrogens is 422 g/mol. The molecule has 5 aromatic rings. The first-order chi connectivity index (χ1) is 16.0. The molecule has 0 atom stereocenters. The summed E-state index contributed by atoms with van der Waals surface area (Å²) in [6, 6.07) is 16.6. The van der Waals surface area contributed by atoms with E-state index in [1.165, 1.54) is 11.8 Å². The van der Waals surface area contributed by atoms with E-state index in [9.17, 15) is 4.79 Å². The number of carbonyl (C=O) groups excluding carboxylic acids is 1. The van der Waals surface area contributed by atoms with E-state index in [-0.39, 0.29) is 17.7 Å². The van der Waals surface area contributed by atoms with Crippen molar-refractivity contribution < 1.29 is 9.53 Å². The number of nitrogens with one attached hydrogen (secondary N) is 1. The van der Waals surface area contributed by atoms with E-state index in [0.29, 0.717) is 28.4 Å². The van der Waals surface area contributed by atoms with Crippen LogP contribution in [0.15, 0.2) is 60.8 Å². The maximum atomic E-state index is 13.1. The maximum absolute atomic E-state index is 13.1. The molecule has 5 rings (SSSR count). The second-order valence-corrected chi connectivity index (χ2v) is 7.17. The smallest absolute Gasteiger partial charge is 0.276 e. The largest absolute Gasteiger partial charge is 0.479 e. The zero-order chi connectivity index (χ0) is 22.9. The summed E-state index contributed by atoms with van der Waals surface area (Å²) in [5.74, 6) is 0.0722. The minimum atomic E-state index is -0.380. The average Bonchev–Trinajstić information content (AvgIpc) is 3.40. The molecule has 0 bridgehead atoms. The van der Waals surface area contributed by atoms with Gasteiger partial charge < -0.3 is 15.8 Å². The Morgan fingerprint density at radius 1 is 1.06 bits per heavy atom. The number of carbonyl (C=O) groups is 1. The van der Waals surface area contributed by atoms with E-state index in [4.69, 9.17) is 10.5 Å². The monoisotopic (exact) mass is 441 g/mol. The summed E-state index contributed by atoms with van der Waals surface area (Å²) in [4.78, 5) is 21.9. The molecule has 4 heterocycles. The Labute approximate surface area is 187 Å². The first-order valence-electron chi connectivity index (χ1n) is 9.97. The number of pyridine rings is 2. The number of aromatic nitrogens is 7. The Bertz CT molecular complexity index is 1470. The first-order valence-corrected chi connectivity index (χ1v) is 9.97. The van der Waals surface area contributed by atoms with E-state index in [2.05, 4.69) is 30.7 Å². The molecule has 1 amide bonds. The highest BCUT2D eigenvalue weighted by molar-refractivity contribution is 6.07. The lowest BCUT2D eigenvalue weighted by Crippen LogP contribution is -2.18. The molecule has 0 saturated heterocycles. The summed E-state index contributed by atoms with van der Waals surface area (Å²) in [5.41, 5.74) is 9.71. The Morgan fingerprint density at radius 2 is 1.88 bits per heavy atom. The number of rotatable bonds is 5. The predicted molar refractivity (Wildman–Crippen MR) is 122 cm³/mol. The molecule has 0 aliphatic rings. The summed E-state index contributed by atoms with van der Waals surface area (Å²) in [6.45, 7) is 0. The molecule has 11 nitrogen and oxygen atoms in total. The van der Waals surface area contributed by atoms with Gasteiger partial charge in [0.15, 0.2) is 11.3 Å². The Hall–Kier alpha value is -4.80. The molecule has 0 saturated carbocycles. The van der Waals surface area contributed by atoms with Crippen LogP contribution in [0, 0.1) is 0 Å². The molecule has 0 radical (unpaired) electrons. The van der Waals surface area contributed by atoms with Crippen molar-refractivity contribution in [3.63, 3.8) is 0 Å². The van der Waals surface area contributed by atoms with Crippen LogP contribution in [0.5, 0.6) is 5.88 Å². The van der Waals surface area contributed by atoms with Crippen LogP contribution in [-0.2, 0) is 7.05 Å². The number of aryl methyl sites for hydroxylation is 1. The van der Waals surface area contributed by atoms with E-state index in [1.807, 2.05) is 42.5 Å². The molecule has 33 heavy (non-hydrogen) atoms. The Kier molecular flexibility index (Phi) is 4.90. The van der Waals surface area contributed by atoms with Crippen molar-refractivity contribution in [2.45, 2.75) is 0 Å². The average molecular weight is 441 g/mol. The van der Waals surface area contributed by atoms with Gasteiger partial charge in [-0.2, -0.15) is 4.98 Å². The van der Waals surface area contributed by atoms with Gasteiger partial charge >= 0.3 is 0 Å². The van der Waals surface area contributed by atoms with Crippen LogP contribution in [0.1, 0.15) is 10.5 Å². The maximum Gasteiger partial charge on any atom is 0.276 e. The lowest BCUT2D eigenvalue weighted by atomic mass is 10.1. The second kappa shape index (κ2) is 8.04. The minimum absolute atomic E-state index is 0.190. The summed E-state index contributed by atoms with van der Waals surface area (Å²) in [7, 11) is 3.16. The van der Waals surface area contributed by atoms with Gasteiger partial charge in [-0.05, 0) is 24.3 Å². The van der Waals surface area contributed by atoms with E-state index < -0.39 is 0 Å². The number of ether oxygens (including phenoxy) is 1. The molecule has 164 valence electrons. The number of amides is 1. The molecule has 0 unspecified atom stereocenters. The zero-order valence-corrected chi connectivity index (χ0v) is 17.8. The van der Waals surface area contributed by atoms with Gasteiger partial charge in [-0.1, -0.05) is 35.5 Å². The number of methoxy groups -OCH3 is 1. The number of anilines is 2. The Morgan fingerprint density at radius 3 is 2.67 bits per heavy atom. The van der Waals surface area contributed by atoms with Gasteiger partial charge in [-0.25, -0.2) is 14.2 Å². The van der Waals surface area contributed by atoms with Crippen molar-refractivity contribution in [3.8, 4) is 28.4 Å². The van der Waals surface area contributed by atoms with Gasteiger partial charge in [0.1, 0.15) is 11.4 Å². The standard InChI is InChI=1S/C22H19N9O2/c1-30-19(18(27-29-30)13-6-4-3-5-7-13)20(32)24-16-9-8-15(25-21(16)33-2)14-10-11-31-17(12-14)26-22(23)28-31/h3-12H,1-2H3,(H2,23,28)(H,24,32). The predicted octanol–water partition coefficient (Wildman–Crippen LogP) is 2.43. The van der Waals surface area contributed by atoms with Crippen LogP contribution in [-0.4, -0.2) is 47.6 Å². The van der Waals surface area contributed by atoms with E-state index in [0.717, 1.165) is 11.1 Å². The quantitative estimate of drug-likeness (QED) is 0.424. The van der Waals surface area contributed by atoms with Crippen molar-refractivity contribution in [1.82, 2.24) is 34.6 Å². The molecule has 11 heteroatoms. The first kappa shape index (κ1) is 20.1. The van der Waals surface area contributed by atoms with Crippen LogP contribution < -0.4 is 15.8 Å². The Balaban J connectivity index is 1.46. The molecule has 0 fully saturated rings. The van der Waals surface area contributed by atoms with E-state index in [1.54, 1.807) is 29.9 Å². The molecule has 0 aliphatic heterocycles. The minimum Gasteiger partial charge on any atom is -0.479 e. The molecular formula is C22H19N9O2. The highest BCUT2D eigenvalue weighted by atomic mass is 16.5. The van der Waals surface area contributed by atoms with Crippen LogP contribution >= 0.6 is 0 Å². The molecule has 4 aromatic heterocycles. The van der Waals surface area contributed by atoms with Crippen molar-refractivity contribution >= 4 is 23.2 Å². The lowest BCUT2D eigenvalue weighted by molar-refractivity contribution is 0.101. The van der Waals surface area contributed by atoms with Crippen molar-refractivity contribution in [3.05, 3.63) is 66.5 Å². The fourth-order valence-corrected chi connectivity index (χ4v) is 3.49. The lowest BCUT2D eigenvalue weighted by Gasteiger charge is -2.12. The van der Waals surface area contributed by atoms with Gasteiger partial charge in [-0.15, -0.1) is 10.2 Å². The third-order valence-corrected chi connectivity index (χ3v) is 5.04. The summed E-state index contributed by atoms with van der Waals surface area (Å²) < 4.78 is 8.46. The van der Waals surface area contributed by atoms with Gasteiger partial charge in [0.2, 0.25) is 11.8 Å². The number of fused-ring (bicyclic) bond motifs is 1. The van der Waals surface area contributed by atoms with Crippen LogP contribution in [0.4, 0.5) is 11.6 Å². The number of nitrogens with two attached hydrogens (primary N) is 1. The van der Waals surface area contributed by atoms with Crippen LogP contribution in [0.2, 0.25) is 0 Å². The molecule has 0 spiro atoms. The van der Waals surface area contributed by atoms with Crippen LogP contribution in [0.25, 0.3) is 28.2 Å². The van der Waals surface area contributed by atoms with Gasteiger partial charge in [0.05, 0.1) is 12.8 Å². The van der Waals surface area contributed by atoms with Crippen LogP contribution in [0.3, 0.4) is 0 Å². The summed E-state index contributed by atoms with van der Waals surface area (Å²) >= 11 is 0. The normalized spacial score (nSPS) is 11.0. The van der Waals surface area contributed by atoms with Gasteiger partial charge in [-0.3, -0.25) is 4.79 Å². The summed E-state index contributed by atoms with van der Waals surface area (Å²) in [5, 5.41) is 15.1. The number of hydrogen-bond donors (Lipinski definition) is 2. The highest BCUT2D eigenvalue weighted by Gasteiger charge is 2.21. The topological polar surface area (TPSA) is 138 Å². The van der Waals surface area contributed by atoms with E-state index >= 15 is 0 Å². The number of nitrogens with zero attached hydrogens (tertiary/aromatic N) is 7. The van der Waals surface area contributed by atoms with Gasteiger partial charge in [0, 0.05) is 24.4 Å². The highest BCUT2D eigenvalue weighted by Crippen LogP contribution is 2.29. The number of nitrogen functional groups attached to an aromatic ring is 1. The molecule has 0 aliphatic carbocycles. The summed E-state index contributed by atoms with van der Waals surface area (Å²) in [6.07, 6.45) is 1.75. The number of hydrogen-bond acceptors (Lipinski definition) is 8. The third-order valence-electron chi connectivity index (χ3n) is 5.04. The van der Waals surface area contributed by atoms with Crippen molar-refractivity contribution in [1.29, 1.82) is 0 Å². The van der Waals surface area contributed by atoms with Gasteiger partial charge in [0.25, 0.3) is 5.91 Å². The van der Waals surface area contributed by atoms with Crippen molar-refractivity contribution in [2.75, 3.05) is 18.2 Å². The molecule has 3 N–H and O–H groups in total. The second-order valence-electron chi connectivity index (χ2n) is 7.17. The number of benzene rings is 1. The fraction of sp³-hybridized carbons (Fsp3) is 0.0909. The molecule has 1 aromatic carbocycles.